The molecule has 7 nitrogen and oxygen atoms in total. The molecule has 0 aliphatic rings. The summed E-state index contributed by atoms with van der Waals surface area (Å²) in [7, 11) is 0. The lowest BCUT2D eigenvalue weighted by molar-refractivity contribution is -0.385. The summed E-state index contributed by atoms with van der Waals surface area (Å²) >= 11 is 5.55. The molecular formula is C9H8ClN3O4. The Morgan fingerprint density at radius 2 is 2.24 bits per heavy atom. The van der Waals surface area contributed by atoms with Crippen LogP contribution in [0.5, 0.6) is 0 Å². The third-order valence-corrected chi connectivity index (χ3v) is 2.41. The number of aliphatic hydroxyl groups is 2. The summed E-state index contributed by atoms with van der Waals surface area (Å²) in [6, 6.07) is 2.42. The highest BCUT2D eigenvalue weighted by Crippen LogP contribution is 2.29. The average molecular weight is 258 g/mol. The molecule has 90 valence electrons. The van der Waals surface area contributed by atoms with Gasteiger partial charge in [-0.3, -0.25) is 10.1 Å². The monoisotopic (exact) mass is 257 g/mol. The molecule has 1 aromatic heterocycles. The minimum atomic E-state index is -1.68. The Labute approximate surface area is 101 Å². The van der Waals surface area contributed by atoms with Crippen molar-refractivity contribution >= 4 is 17.3 Å². The van der Waals surface area contributed by atoms with Crippen LogP contribution in [0.4, 0.5) is 5.69 Å². The van der Waals surface area contributed by atoms with Gasteiger partial charge in [-0.1, -0.05) is 11.6 Å². The van der Waals surface area contributed by atoms with Gasteiger partial charge in [-0.05, 0) is 6.92 Å². The van der Waals surface area contributed by atoms with Crippen molar-refractivity contribution < 1.29 is 15.1 Å². The van der Waals surface area contributed by atoms with Gasteiger partial charge in [0, 0.05) is 17.3 Å². The number of aromatic nitrogens is 1. The number of hydrogen-bond acceptors (Lipinski definition) is 6. The Morgan fingerprint density at radius 3 is 2.71 bits per heavy atom. The number of nitrogens with zero attached hydrogens (tertiary/aromatic N) is 3. The molecule has 0 radical (unpaired) electrons. The molecule has 1 aromatic rings. The van der Waals surface area contributed by atoms with E-state index < -0.39 is 22.8 Å². The van der Waals surface area contributed by atoms with Gasteiger partial charge in [0.05, 0.1) is 11.0 Å². The topological polar surface area (TPSA) is 120 Å². The number of rotatable bonds is 3. The lowest BCUT2D eigenvalue weighted by Gasteiger charge is -2.14. The molecule has 0 saturated carbocycles. The number of aryl methyl sites for hydroxylation is 1. The van der Waals surface area contributed by atoms with Gasteiger partial charge in [-0.15, -0.1) is 0 Å². The normalized spacial score (nSPS) is 13.8. The van der Waals surface area contributed by atoms with Gasteiger partial charge in [0.1, 0.15) is 6.10 Å². The molecule has 2 atom stereocenters. The first kappa shape index (κ1) is 13.3. The van der Waals surface area contributed by atoms with Crippen molar-refractivity contribution in [3.05, 3.63) is 32.6 Å². The maximum absolute atomic E-state index is 10.6. The van der Waals surface area contributed by atoms with Crippen LogP contribution in [-0.2, 0) is 0 Å². The van der Waals surface area contributed by atoms with Crippen molar-refractivity contribution in [1.82, 2.24) is 4.98 Å². The molecule has 8 heteroatoms. The van der Waals surface area contributed by atoms with Gasteiger partial charge in [0.25, 0.3) is 0 Å². The molecule has 0 aliphatic heterocycles. The van der Waals surface area contributed by atoms with E-state index >= 15 is 0 Å². The third-order valence-electron chi connectivity index (χ3n) is 2.13. The molecule has 2 unspecified atom stereocenters. The van der Waals surface area contributed by atoms with E-state index in [-0.39, 0.29) is 16.4 Å². The summed E-state index contributed by atoms with van der Waals surface area (Å²) in [5.74, 6) is 0. The first-order valence-electron chi connectivity index (χ1n) is 4.45. The van der Waals surface area contributed by atoms with Crippen molar-refractivity contribution in [2.45, 2.75) is 19.1 Å². The van der Waals surface area contributed by atoms with Crippen molar-refractivity contribution in [1.29, 1.82) is 5.26 Å². The van der Waals surface area contributed by atoms with Gasteiger partial charge in [-0.25, -0.2) is 4.98 Å². The first-order chi connectivity index (χ1) is 7.88. The number of nitro groups is 1. The second kappa shape index (κ2) is 5.05. The van der Waals surface area contributed by atoms with E-state index in [0.717, 1.165) is 6.07 Å². The predicted molar refractivity (Wildman–Crippen MR) is 57.2 cm³/mol. The van der Waals surface area contributed by atoms with Crippen LogP contribution in [0.1, 0.15) is 17.4 Å². The second-order valence-corrected chi connectivity index (χ2v) is 3.61. The quantitative estimate of drug-likeness (QED) is 0.359. The van der Waals surface area contributed by atoms with Crippen LogP contribution in [0.15, 0.2) is 6.07 Å². The molecule has 0 fully saturated rings. The van der Waals surface area contributed by atoms with Crippen LogP contribution < -0.4 is 0 Å². The van der Waals surface area contributed by atoms with Crippen LogP contribution in [0.25, 0.3) is 0 Å². The van der Waals surface area contributed by atoms with E-state index in [2.05, 4.69) is 4.98 Å². The first-order valence-corrected chi connectivity index (χ1v) is 4.83. The number of halogens is 1. The van der Waals surface area contributed by atoms with E-state index in [4.69, 9.17) is 22.0 Å². The predicted octanol–water partition coefficient (Wildman–Crippen LogP) is 0.869. The highest BCUT2D eigenvalue weighted by molar-refractivity contribution is 6.31. The highest BCUT2D eigenvalue weighted by Gasteiger charge is 2.25. The number of nitriles is 1. The molecule has 0 spiro atoms. The number of pyridine rings is 1. The van der Waals surface area contributed by atoms with E-state index in [1.807, 2.05) is 0 Å². The van der Waals surface area contributed by atoms with Crippen molar-refractivity contribution in [2.24, 2.45) is 0 Å². The smallest absolute Gasteiger partial charge is 0.306 e. The van der Waals surface area contributed by atoms with Gasteiger partial charge in [0.15, 0.2) is 6.10 Å². The van der Waals surface area contributed by atoms with Crippen molar-refractivity contribution in [3.63, 3.8) is 0 Å². The molecular weight excluding hydrogens is 250 g/mol. The van der Waals surface area contributed by atoms with Gasteiger partial charge in [-0.2, -0.15) is 5.26 Å². The largest absolute Gasteiger partial charge is 0.384 e. The summed E-state index contributed by atoms with van der Waals surface area (Å²) in [4.78, 5) is 13.5. The van der Waals surface area contributed by atoms with Crippen molar-refractivity contribution in [3.8, 4) is 6.07 Å². The Kier molecular flexibility index (Phi) is 3.96. The average Bonchev–Trinajstić information content (AvgIpc) is 2.26. The maximum atomic E-state index is 10.6. The minimum absolute atomic E-state index is 0.00449. The fourth-order valence-electron chi connectivity index (χ4n) is 1.25. The van der Waals surface area contributed by atoms with Gasteiger partial charge < -0.3 is 10.2 Å². The Bertz CT molecular complexity index is 500. The fourth-order valence-corrected chi connectivity index (χ4v) is 1.50. The van der Waals surface area contributed by atoms with Crippen LogP contribution in [-0.4, -0.2) is 26.2 Å². The van der Waals surface area contributed by atoms with Crippen LogP contribution in [0.3, 0.4) is 0 Å². The standard InChI is InChI=1S/C9H8ClN3O4/c1-4-5(8(15)7(14)3-11)2-6(13(16)17)9(10)12-4/h2,7-8,14-15H,1H3. The molecule has 0 aromatic carbocycles. The summed E-state index contributed by atoms with van der Waals surface area (Å²) < 4.78 is 0. The third kappa shape index (κ3) is 2.68. The Morgan fingerprint density at radius 1 is 1.65 bits per heavy atom. The van der Waals surface area contributed by atoms with E-state index in [1.54, 1.807) is 0 Å². The molecule has 17 heavy (non-hydrogen) atoms. The molecule has 0 bridgehead atoms. The Balaban J connectivity index is 3.30. The van der Waals surface area contributed by atoms with Gasteiger partial charge >= 0.3 is 5.69 Å². The highest BCUT2D eigenvalue weighted by atomic mass is 35.5. The van der Waals surface area contributed by atoms with E-state index in [1.165, 1.54) is 13.0 Å². The summed E-state index contributed by atoms with van der Waals surface area (Å²) in [5, 5.41) is 37.5. The summed E-state index contributed by atoms with van der Waals surface area (Å²) in [6.07, 6.45) is -3.25. The summed E-state index contributed by atoms with van der Waals surface area (Å²) in [6.45, 7) is 1.46. The Hall–Kier alpha value is -1.75. The number of aliphatic hydroxyl groups excluding tert-OH is 2. The molecule has 0 aliphatic carbocycles. The molecule has 2 N–H and O–H groups in total. The molecule has 1 heterocycles. The lowest BCUT2D eigenvalue weighted by atomic mass is 10.0. The van der Waals surface area contributed by atoms with E-state index in [9.17, 15) is 15.2 Å². The minimum Gasteiger partial charge on any atom is -0.384 e. The maximum Gasteiger partial charge on any atom is 0.306 e. The second-order valence-electron chi connectivity index (χ2n) is 3.25. The zero-order chi connectivity index (χ0) is 13.2. The van der Waals surface area contributed by atoms with Crippen LogP contribution in [0, 0.1) is 28.4 Å². The lowest BCUT2D eigenvalue weighted by Crippen LogP contribution is -2.17. The van der Waals surface area contributed by atoms with Crippen LogP contribution >= 0.6 is 11.6 Å². The fraction of sp³-hybridized carbons (Fsp3) is 0.333. The summed E-state index contributed by atoms with van der Waals surface area (Å²) in [5.41, 5.74) is -0.283. The molecule has 1 rings (SSSR count). The molecule has 0 amide bonds. The van der Waals surface area contributed by atoms with Crippen LogP contribution in [0.2, 0.25) is 5.15 Å². The van der Waals surface area contributed by atoms with Gasteiger partial charge in [0.2, 0.25) is 5.15 Å². The zero-order valence-corrected chi connectivity index (χ0v) is 9.42. The number of hydrogen-bond donors (Lipinski definition) is 2. The molecule has 0 saturated heterocycles. The zero-order valence-electron chi connectivity index (χ0n) is 8.66. The van der Waals surface area contributed by atoms with Crippen molar-refractivity contribution in [2.75, 3.05) is 0 Å². The SMILES string of the molecule is Cc1nc(Cl)c([N+](=O)[O-])cc1C(O)C(O)C#N. The van der Waals surface area contributed by atoms with E-state index in [0.29, 0.717) is 0 Å².